The number of carbonyl (C=O) groups excluding carboxylic acids is 1. The van der Waals surface area contributed by atoms with Crippen LogP contribution in [0, 0.1) is 6.92 Å². The van der Waals surface area contributed by atoms with Crippen molar-refractivity contribution in [3.05, 3.63) is 64.1 Å². The van der Waals surface area contributed by atoms with E-state index in [1.54, 1.807) is 19.1 Å². The van der Waals surface area contributed by atoms with E-state index in [4.69, 9.17) is 0 Å². The van der Waals surface area contributed by atoms with Crippen molar-refractivity contribution in [2.45, 2.75) is 13.3 Å². The van der Waals surface area contributed by atoms with E-state index in [9.17, 15) is 22.8 Å². The zero-order chi connectivity index (χ0) is 18.9. The van der Waals surface area contributed by atoms with Crippen molar-refractivity contribution in [3.8, 4) is 5.75 Å². The summed E-state index contributed by atoms with van der Waals surface area (Å²) in [6.45, 7) is 1.74. The lowest BCUT2D eigenvalue weighted by molar-refractivity contribution is -0.274. The number of rotatable bonds is 4. The normalized spacial score (nSPS) is 11.4. The molecule has 3 rings (SSSR count). The van der Waals surface area contributed by atoms with Crippen LogP contribution >= 0.6 is 0 Å². The molecule has 1 aromatic carbocycles. The summed E-state index contributed by atoms with van der Waals surface area (Å²) < 4.78 is 42.1. The molecule has 0 unspecified atom stereocenters. The summed E-state index contributed by atoms with van der Waals surface area (Å²) in [6, 6.07) is 8.40. The summed E-state index contributed by atoms with van der Waals surface area (Å²) >= 11 is 0. The number of carbonyl (C=O) groups is 1. The molecule has 26 heavy (non-hydrogen) atoms. The topological polar surface area (TPSA) is 72.7 Å². The average molecular weight is 363 g/mol. The van der Waals surface area contributed by atoms with Gasteiger partial charge in [-0.1, -0.05) is 12.1 Å². The highest BCUT2D eigenvalue weighted by atomic mass is 19.4. The van der Waals surface area contributed by atoms with Crippen LogP contribution in [-0.2, 0) is 0 Å². The van der Waals surface area contributed by atoms with Gasteiger partial charge in [-0.15, -0.1) is 13.2 Å². The van der Waals surface area contributed by atoms with Crippen molar-refractivity contribution in [1.82, 2.24) is 9.38 Å². The zero-order valence-electron chi connectivity index (χ0n) is 13.4. The number of anilines is 2. The molecular weight excluding hydrogens is 351 g/mol. The summed E-state index contributed by atoms with van der Waals surface area (Å²) in [4.78, 5) is 28.1. The van der Waals surface area contributed by atoms with Gasteiger partial charge in [0.2, 0.25) is 0 Å². The molecule has 2 aromatic heterocycles. The van der Waals surface area contributed by atoms with E-state index in [1.807, 2.05) is 0 Å². The molecule has 6 nitrogen and oxygen atoms in total. The molecule has 0 amide bonds. The van der Waals surface area contributed by atoms with Crippen LogP contribution in [0.1, 0.15) is 15.9 Å². The Morgan fingerprint density at radius 3 is 2.69 bits per heavy atom. The minimum Gasteiger partial charge on any atom is -0.406 e. The maximum Gasteiger partial charge on any atom is 0.573 e. The molecule has 9 heteroatoms. The summed E-state index contributed by atoms with van der Waals surface area (Å²) in [7, 11) is 0. The molecule has 0 saturated carbocycles. The fraction of sp³-hybridized carbons (Fsp3) is 0.118. The number of hydrogen-bond acceptors (Lipinski definition) is 5. The number of aromatic nitrogens is 2. The summed E-state index contributed by atoms with van der Waals surface area (Å²) in [5.74, 6) is -0.493. The summed E-state index contributed by atoms with van der Waals surface area (Å²) in [6.07, 6.45) is -3.00. The highest BCUT2D eigenvalue weighted by Crippen LogP contribution is 2.26. The number of ether oxygens (including phenoxy) is 1. The first kappa shape index (κ1) is 17.5. The Balaban J connectivity index is 2.06. The number of nitrogens with one attached hydrogen (secondary N) is 1. The summed E-state index contributed by atoms with van der Waals surface area (Å²) in [5.41, 5.74) is 0.376. The van der Waals surface area contributed by atoms with Gasteiger partial charge in [0, 0.05) is 18.0 Å². The maximum absolute atomic E-state index is 12.5. The molecule has 2 heterocycles. The van der Waals surface area contributed by atoms with E-state index in [2.05, 4.69) is 15.0 Å². The number of halogens is 3. The van der Waals surface area contributed by atoms with Crippen LogP contribution in [-0.4, -0.2) is 22.0 Å². The highest BCUT2D eigenvalue weighted by Gasteiger charge is 2.31. The molecular formula is C17H12F3N3O3. The third-order valence-electron chi connectivity index (χ3n) is 3.53. The Morgan fingerprint density at radius 1 is 1.23 bits per heavy atom. The van der Waals surface area contributed by atoms with E-state index >= 15 is 0 Å². The molecule has 0 aliphatic rings. The molecule has 1 N–H and O–H groups in total. The number of benzene rings is 1. The third-order valence-corrected chi connectivity index (χ3v) is 3.53. The van der Waals surface area contributed by atoms with E-state index in [1.165, 1.54) is 22.7 Å². The van der Waals surface area contributed by atoms with Crippen molar-refractivity contribution < 1.29 is 22.7 Å². The van der Waals surface area contributed by atoms with Crippen molar-refractivity contribution >= 4 is 23.4 Å². The lowest BCUT2D eigenvalue weighted by Gasteiger charge is -2.13. The Morgan fingerprint density at radius 2 is 2.00 bits per heavy atom. The zero-order valence-corrected chi connectivity index (χ0v) is 13.4. The molecule has 0 radical (unpaired) electrons. The van der Waals surface area contributed by atoms with E-state index in [-0.39, 0.29) is 17.1 Å². The largest absolute Gasteiger partial charge is 0.573 e. The number of hydrogen-bond donors (Lipinski definition) is 1. The van der Waals surface area contributed by atoms with Crippen LogP contribution in [0.2, 0.25) is 0 Å². The Labute approximate surface area is 144 Å². The smallest absolute Gasteiger partial charge is 0.406 e. The lowest BCUT2D eigenvalue weighted by Crippen LogP contribution is -2.22. The second-order valence-electron chi connectivity index (χ2n) is 5.38. The van der Waals surface area contributed by atoms with Gasteiger partial charge in [0.25, 0.3) is 5.56 Å². The Hall–Kier alpha value is -3.36. The van der Waals surface area contributed by atoms with Crippen LogP contribution in [0.3, 0.4) is 0 Å². The number of pyridine rings is 1. The molecule has 0 saturated heterocycles. The molecule has 0 spiro atoms. The van der Waals surface area contributed by atoms with E-state index in [0.717, 1.165) is 12.1 Å². The first-order chi connectivity index (χ1) is 12.3. The molecule has 3 aromatic rings. The van der Waals surface area contributed by atoms with Crippen LogP contribution in [0.4, 0.5) is 24.7 Å². The number of alkyl halides is 3. The molecule has 0 fully saturated rings. The Bertz CT molecular complexity index is 1040. The average Bonchev–Trinajstić information content (AvgIpc) is 2.55. The first-order valence-electron chi connectivity index (χ1n) is 7.38. The first-order valence-corrected chi connectivity index (χ1v) is 7.38. The third kappa shape index (κ3) is 3.51. The van der Waals surface area contributed by atoms with Gasteiger partial charge in [0.15, 0.2) is 6.29 Å². The number of fused-ring (bicyclic) bond motifs is 1. The van der Waals surface area contributed by atoms with Crippen molar-refractivity contribution in [2.24, 2.45) is 0 Å². The van der Waals surface area contributed by atoms with Crippen molar-refractivity contribution in [1.29, 1.82) is 0 Å². The van der Waals surface area contributed by atoms with Crippen LogP contribution in [0.5, 0.6) is 5.75 Å². The van der Waals surface area contributed by atoms with Gasteiger partial charge in [-0.25, -0.2) is 4.98 Å². The van der Waals surface area contributed by atoms with Crippen LogP contribution in [0.15, 0.2) is 47.4 Å². The van der Waals surface area contributed by atoms with Gasteiger partial charge in [-0.05, 0) is 30.7 Å². The quantitative estimate of drug-likeness (QED) is 0.719. The Kier molecular flexibility index (Phi) is 4.37. The van der Waals surface area contributed by atoms with Crippen molar-refractivity contribution in [2.75, 3.05) is 5.32 Å². The van der Waals surface area contributed by atoms with Gasteiger partial charge in [0.05, 0.1) is 0 Å². The van der Waals surface area contributed by atoms with Gasteiger partial charge in [0.1, 0.15) is 22.8 Å². The standard InChI is InChI=1S/C17H12F3N3O3/c1-10-4-3-7-23-15(10)22-14(13(9-24)16(23)25)21-11-5-2-6-12(8-11)26-17(18,19)20/h2-9,21H,1H3. The van der Waals surface area contributed by atoms with E-state index < -0.39 is 17.7 Å². The fourth-order valence-electron chi connectivity index (χ4n) is 2.42. The number of nitrogens with zero attached hydrogens (tertiary/aromatic N) is 2. The molecule has 0 bridgehead atoms. The van der Waals surface area contributed by atoms with Gasteiger partial charge < -0.3 is 10.1 Å². The number of aryl methyl sites for hydroxylation is 1. The second-order valence-corrected chi connectivity index (χ2v) is 5.38. The second kappa shape index (κ2) is 6.51. The molecule has 0 atom stereocenters. The van der Waals surface area contributed by atoms with E-state index in [0.29, 0.717) is 17.5 Å². The molecule has 0 aliphatic heterocycles. The van der Waals surface area contributed by atoms with Crippen molar-refractivity contribution in [3.63, 3.8) is 0 Å². The predicted octanol–water partition coefficient (Wildman–Crippen LogP) is 3.46. The highest BCUT2D eigenvalue weighted by molar-refractivity contribution is 5.84. The monoisotopic (exact) mass is 363 g/mol. The van der Waals surface area contributed by atoms with Crippen LogP contribution < -0.4 is 15.6 Å². The maximum atomic E-state index is 12.5. The van der Waals surface area contributed by atoms with Gasteiger partial charge in [-0.2, -0.15) is 0 Å². The van der Waals surface area contributed by atoms with Gasteiger partial charge in [-0.3, -0.25) is 14.0 Å². The molecule has 0 aliphatic carbocycles. The molecule has 134 valence electrons. The van der Waals surface area contributed by atoms with Crippen LogP contribution in [0.25, 0.3) is 5.65 Å². The number of aldehydes is 1. The minimum absolute atomic E-state index is 0.0524. The fourth-order valence-corrected chi connectivity index (χ4v) is 2.42. The lowest BCUT2D eigenvalue weighted by atomic mass is 10.2. The summed E-state index contributed by atoms with van der Waals surface area (Å²) in [5, 5.41) is 2.71. The SMILES string of the molecule is Cc1cccn2c(=O)c(C=O)c(Nc3cccc(OC(F)(F)F)c3)nc12. The predicted molar refractivity (Wildman–Crippen MR) is 88.0 cm³/mol. The van der Waals surface area contributed by atoms with Gasteiger partial charge >= 0.3 is 6.36 Å². The minimum atomic E-state index is -4.83.